The number of nitrogens with one attached hydrogen (secondary N) is 3. The molecule has 0 atom stereocenters. The van der Waals surface area contributed by atoms with Crippen LogP contribution >= 0.6 is 0 Å². The van der Waals surface area contributed by atoms with Crippen molar-refractivity contribution in [2.75, 3.05) is 30.3 Å². The zero-order valence-electron chi connectivity index (χ0n) is 26.2. The molecule has 1 fully saturated rings. The normalized spacial score (nSPS) is 17.0. The van der Waals surface area contributed by atoms with E-state index in [0.29, 0.717) is 28.6 Å². The zero-order chi connectivity index (χ0) is 32.8. The molecule has 0 amide bonds. The van der Waals surface area contributed by atoms with Crippen molar-refractivity contribution >= 4 is 32.7 Å². The summed E-state index contributed by atoms with van der Waals surface area (Å²) in [7, 11) is -2.28. The van der Waals surface area contributed by atoms with Crippen LogP contribution in [-0.2, 0) is 20.5 Å². The first-order valence-electron chi connectivity index (χ1n) is 15.5. The summed E-state index contributed by atoms with van der Waals surface area (Å²) in [6.07, 6.45) is 6.68. The maximum atomic E-state index is 15.2. The molecule has 0 unspecified atom stereocenters. The monoisotopic (exact) mass is 654 g/mol. The van der Waals surface area contributed by atoms with Crippen LogP contribution in [0.4, 0.5) is 20.4 Å². The third-order valence-electron chi connectivity index (χ3n) is 8.12. The van der Waals surface area contributed by atoms with Gasteiger partial charge in [-0.25, -0.2) is 22.2 Å². The molecule has 1 aliphatic rings. The van der Waals surface area contributed by atoms with E-state index in [4.69, 9.17) is 9.72 Å². The van der Waals surface area contributed by atoms with Crippen LogP contribution in [0.1, 0.15) is 57.6 Å². The summed E-state index contributed by atoms with van der Waals surface area (Å²) < 4.78 is 62.7. The van der Waals surface area contributed by atoms with Gasteiger partial charge in [0.2, 0.25) is 16.0 Å². The second kappa shape index (κ2) is 14.7. The van der Waals surface area contributed by atoms with Crippen LogP contribution in [0.5, 0.6) is 0 Å². The number of methoxy groups -OCH3 is 1. The maximum Gasteiger partial charge on any atom is 0.260 e. The van der Waals surface area contributed by atoms with Gasteiger partial charge in [0.1, 0.15) is 17.3 Å². The second-order valence-corrected chi connectivity index (χ2v) is 13.7. The summed E-state index contributed by atoms with van der Waals surface area (Å²) in [5, 5.41) is 7.65. The number of fused-ring (bicyclic) bond motifs is 1. The van der Waals surface area contributed by atoms with Crippen LogP contribution in [0.15, 0.2) is 59.5 Å². The molecule has 4 aromatic rings. The van der Waals surface area contributed by atoms with Crippen molar-refractivity contribution in [3.63, 3.8) is 0 Å². The molecule has 0 aliphatic heterocycles. The summed E-state index contributed by atoms with van der Waals surface area (Å²) in [5.41, 5.74) is 0.741. The summed E-state index contributed by atoms with van der Waals surface area (Å²) in [5.74, 6) is -1.33. The fraction of sp³-hybridized carbons (Fsp3) is 0.424. The van der Waals surface area contributed by atoms with Crippen LogP contribution in [-0.4, -0.2) is 55.3 Å². The lowest BCUT2D eigenvalue weighted by atomic mass is 9.91. The van der Waals surface area contributed by atoms with Crippen LogP contribution in [0.2, 0.25) is 0 Å². The third kappa shape index (κ3) is 8.25. The van der Waals surface area contributed by atoms with Crippen molar-refractivity contribution in [1.29, 1.82) is 0 Å². The standard InChI is InChI=1S/C33H40F2N6O4S/c1-21(2)41-31-24(19-37-33(39-31)38-27-12-10-26(11-13-27)36-15-4-16-45-3)17-28(32(41)42)23-7-14-30(29(35)18-23)40-46(43,44)20-22-5-8-25(34)9-6-22/h5-9,14,17-19,21,26-27,36,40H,4,10-13,15-16,20H2,1-3H3,(H,37,38,39). The predicted octanol–water partition coefficient (Wildman–Crippen LogP) is 5.61. The first-order valence-corrected chi connectivity index (χ1v) is 17.1. The Bertz CT molecular complexity index is 1820. The Hall–Kier alpha value is -3.94. The van der Waals surface area contributed by atoms with Gasteiger partial charge in [-0.1, -0.05) is 18.2 Å². The van der Waals surface area contributed by atoms with Crippen LogP contribution < -0.4 is 20.9 Å². The Morgan fingerprint density at radius 3 is 2.41 bits per heavy atom. The highest BCUT2D eigenvalue weighted by Crippen LogP contribution is 2.28. The van der Waals surface area contributed by atoms with Gasteiger partial charge in [-0.05, 0) is 94.0 Å². The molecule has 1 aliphatic carbocycles. The first kappa shape index (κ1) is 33.4. The molecule has 0 spiro atoms. The Morgan fingerprint density at radius 1 is 1.02 bits per heavy atom. The molecular formula is C33H40F2N6O4S. The molecular weight excluding hydrogens is 614 g/mol. The van der Waals surface area contributed by atoms with E-state index in [0.717, 1.165) is 63.5 Å². The van der Waals surface area contributed by atoms with Gasteiger partial charge in [-0.2, -0.15) is 4.98 Å². The van der Waals surface area contributed by atoms with Crippen molar-refractivity contribution in [3.8, 4) is 11.1 Å². The van der Waals surface area contributed by atoms with Crippen molar-refractivity contribution in [3.05, 3.63) is 82.3 Å². The van der Waals surface area contributed by atoms with E-state index in [1.54, 1.807) is 23.9 Å². The maximum absolute atomic E-state index is 15.2. The predicted molar refractivity (Wildman–Crippen MR) is 176 cm³/mol. The molecule has 246 valence electrons. The van der Waals surface area contributed by atoms with Crippen molar-refractivity contribution < 1.29 is 21.9 Å². The fourth-order valence-electron chi connectivity index (χ4n) is 5.79. The topological polar surface area (TPSA) is 127 Å². The number of ether oxygens (including phenoxy) is 1. The minimum atomic E-state index is -3.99. The van der Waals surface area contributed by atoms with E-state index in [9.17, 15) is 17.6 Å². The number of aromatic nitrogens is 3. The van der Waals surface area contributed by atoms with Crippen LogP contribution in [0.25, 0.3) is 22.2 Å². The lowest BCUT2D eigenvalue weighted by Gasteiger charge is -2.30. The van der Waals surface area contributed by atoms with Crippen LogP contribution in [0, 0.1) is 11.6 Å². The number of pyridine rings is 1. The van der Waals surface area contributed by atoms with E-state index in [1.807, 2.05) is 13.8 Å². The molecule has 0 radical (unpaired) electrons. The highest BCUT2D eigenvalue weighted by atomic mass is 32.2. The van der Waals surface area contributed by atoms with Crippen molar-refractivity contribution in [2.24, 2.45) is 0 Å². The smallest absolute Gasteiger partial charge is 0.260 e. The van der Waals surface area contributed by atoms with E-state index in [1.165, 1.54) is 24.3 Å². The Labute approximate surface area is 267 Å². The number of rotatable bonds is 13. The Morgan fingerprint density at radius 2 is 1.74 bits per heavy atom. The molecule has 13 heteroatoms. The molecule has 5 rings (SSSR count). The molecule has 3 N–H and O–H groups in total. The van der Waals surface area contributed by atoms with Crippen molar-refractivity contribution in [1.82, 2.24) is 19.9 Å². The van der Waals surface area contributed by atoms with E-state index in [2.05, 4.69) is 20.3 Å². The first-order chi connectivity index (χ1) is 22.0. The number of hydrogen-bond donors (Lipinski definition) is 3. The van der Waals surface area contributed by atoms with E-state index in [-0.39, 0.29) is 34.5 Å². The van der Waals surface area contributed by atoms with Gasteiger partial charge < -0.3 is 15.4 Å². The summed E-state index contributed by atoms with van der Waals surface area (Å²) >= 11 is 0. The lowest BCUT2D eigenvalue weighted by Crippen LogP contribution is -2.37. The number of nitrogens with zero attached hydrogens (tertiary/aromatic N) is 3. The van der Waals surface area contributed by atoms with Gasteiger partial charge >= 0.3 is 0 Å². The SMILES string of the molecule is COCCCNC1CCC(Nc2ncc3cc(-c4ccc(NS(=O)(=O)Cc5ccc(F)cc5)c(F)c4)c(=O)n(C(C)C)c3n2)CC1. The Kier molecular flexibility index (Phi) is 10.6. The largest absolute Gasteiger partial charge is 0.385 e. The zero-order valence-corrected chi connectivity index (χ0v) is 27.0. The fourth-order valence-corrected chi connectivity index (χ4v) is 7.00. The molecule has 2 heterocycles. The quantitative estimate of drug-likeness (QED) is 0.159. The van der Waals surface area contributed by atoms with Gasteiger partial charge in [0.15, 0.2) is 0 Å². The number of hydrogen-bond acceptors (Lipinski definition) is 8. The lowest BCUT2D eigenvalue weighted by molar-refractivity contribution is 0.192. The molecule has 10 nitrogen and oxygen atoms in total. The summed E-state index contributed by atoms with van der Waals surface area (Å²) in [6, 6.07) is 11.0. The average molecular weight is 655 g/mol. The third-order valence-corrected chi connectivity index (χ3v) is 9.37. The second-order valence-electron chi connectivity index (χ2n) is 12.0. The number of anilines is 2. The van der Waals surface area contributed by atoms with Gasteiger partial charge in [-0.15, -0.1) is 0 Å². The van der Waals surface area contributed by atoms with Crippen LogP contribution in [0.3, 0.4) is 0 Å². The molecule has 1 saturated carbocycles. The molecule has 0 saturated heterocycles. The molecule has 0 bridgehead atoms. The van der Waals surface area contributed by atoms with Gasteiger partial charge in [0.25, 0.3) is 5.56 Å². The minimum Gasteiger partial charge on any atom is -0.385 e. The minimum absolute atomic E-state index is 0.225. The summed E-state index contributed by atoms with van der Waals surface area (Å²) in [4.78, 5) is 23.0. The molecule has 46 heavy (non-hydrogen) atoms. The summed E-state index contributed by atoms with van der Waals surface area (Å²) in [6.45, 7) is 5.44. The highest BCUT2D eigenvalue weighted by molar-refractivity contribution is 7.91. The Balaban J connectivity index is 1.32. The number of benzene rings is 2. The number of halogens is 2. The highest BCUT2D eigenvalue weighted by Gasteiger charge is 2.23. The number of sulfonamides is 1. The van der Waals surface area contributed by atoms with Gasteiger partial charge in [0.05, 0.1) is 11.4 Å². The molecule has 2 aromatic heterocycles. The van der Waals surface area contributed by atoms with Crippen molar-refractivity contribution in [2.45, 2.75) is 69.8 Å². The van der Waals surface area contributed by atoms with Gasteiger partial charge in [0, 0.05) is 49.0 Å². The van der Waals surface area contributed by atoms with E-state index < -0.39 is 27.4 Å². The molecule has 2 aromatic carbocycles. The van der Waals surface area contributed by atoms with Gasteiger partial charge in [-0.3, -0.25) is 14.1 Å². The average Bonchev–Trinajstić information content (AvgIpc) is 3.01. The van der Waals surface area contributed by atoms with E-state index >= 15 is 4.39 Å².